The van der Waals surface area contributed by atoms with Crippen molar-refractivity contribution in [3.63, 3.8) is 0 Å². The fraction of sp³-hybridized carbons (Fsp3) is 0.462. The molecule has 1 atom stereocenters. The number of halogens is 1. The Bertz CT molecular complexity index is 348. The number of hydrogen-bond donors (Lipinski definition) is 1. The van der Waals surface area contributed by atoms with Gasteiger partial charge in [-0.1, -0.05) is 19.1 Å². The van der Waals surface area contributed by atoms with Gasteiger partial charge in [0, 0.05) is 5.38 Å². The Morgan fingerprint density at radius 2 is 2.06 bits per heavy atom. The van der Waals surface area contributed by atoms with Crippen LogP contribution in [0.1, 0.15) is 25.3 Å². The fourth-order valence-electron chi connectivity index (χ4n) is 1.46. The lowest BCUT2D eigenvalue weighted by Crippen LogP contribution is -2.09. The summed E-state index contributed by atoms with van der Waals surface area (Å²) in [7, 11) is 0. The molecular weight excluding hydrogens is 240 g/mol. The second-order valence-electron chi connectivity index (χ2n) is 3.89. The summed E-state index contributed by atoms with van der Waals surface area (Å²) < 4.78 is 5.45. The van der Waals surface area contributed by atoms with E-state index < -0.39 is 5.97 Å². The second kappa shape index (κ2) is 7.17. The molecule has 0 saturated heterocycles. The molecule has 0 bridgehead atoms. The Labute approximate surface area is 106 Å². The van der Waals surface area contributed by atoms with Crippen molar-refractivity contribution in [3.8, 4) is 5.75 Å². The number of alkyl halides is 1. The summed E-state index contributed by atoms with van der Waals surface area (Å²) >= 11 is 5.92. The van der Waals surface area contributed by atoms with E-state index in [1.54, 1.807) is 0 Å². The average molecular weight is 257 g/mol. The van der Waals surface area contributed by atoms with Crippen molar-refractivity contribution in [2.45, 2.75) is 31.6 Å². The quantitative estimate of drug-likeness (QED) is 0.763. The molecule has 0 aromatic heterocycles. The van der Waals surface area contributed by atoms with Gasteiger partial charge < -0.3 is 9.84 Å². The van der Waals surface area contributed by atoms with E-state index in [2.05, 4.69) is 6.92 Å². The first kappa shape index (κ1) is 13.8. The Morgan fingerprint density at radius 1 is 1.41 bits per heavy atom. The highest BCUT2D eigenvalue weighted by Crippen LogP contribution is 2.16. The molecule has 3 nitrogen and oxygen atoms in total. The van der Waals surface area contributed by atoms with Crippen LogP contribution in [0, 0.1) is 0 Å². The van der Waals surface area contributed by atoms with Crippen molar-refractivity contribution in [1.82, 2.24) is 0 Å². The van der Waals surface area contributed by atoms with Gasteiger partial charge in [-0.15, -0.1) is 11.6 Å². The van der Waals surface area contributed by atoms with E-state index in [-0.39, 0.29) is 11.8 Å². The highest BCUT2D eigenvalue weighted by atomic mass is 35.5. The van der Waals surface area contributed by atoms with Crippen molar-refractivity contribution in [1.29, 1.82) is 0 Å². The van der Waals surface area contributed by atoms with Crippen LogP contribution in [0.25, 0.3) is 0 Å². The Hall–Kier alpha value is -1.22. The summed E-state index contributed by atoms with van der Waals surface area (Å²) in [6.45, 7) is 2.76. The van der Waals surface area contributed by atoms with E-state index in [0.29, 0.717) is 13.0 Å². The number of benzene rings is 1. The summed E-state index contributed by atoms with van der Waals surface area (Å²) in [6, 6.07) is 7.61. The Kier molecular flexibility index (Phi) is 5.84. The summed E-state index contributed by atoms with van der Waals surface area (Å²) in [5.74, 6) is -0.0344. The van der Waals surface area contributed by atoms with Crippen molar-refractivity contribution in [2.75, 3.05) is 6.61 Å². The molecule has 0 saturated carbocycles. The first-order valence-corrected chi connectivity index (χ1v) is 6.13. The lowest BCUT2D eigenvalue weighted by atomic mass is 10.1. The van der Waals surface area contributed by atoms with Gasteiger partial charge in [-0.25, -0.2) is 0 Å². The van der Waals surface area contributed by atoms with Crippen molar-refractivity contribution in [2.24, 2.45) is 0 Å². The summed E-state index contributed by atoms with van der Waals surface area (Å²) in [6.07, 6.45) is 1.52. The van der Waals surface area contributed by atoms with Crippen molar-refractivity contribution < 1.29 is 14.6 Å². The first-order valence-electron chi connectivity index (χ1n) is 5.69. The number of carbonyl (C=O) groups is 1. The lowest BCUT2D eigenvalue weighted by Gasteiger charge is -2.08. The van der Waals surface area contributed by atoms with E-state index in [4.69, 9.17) is 21.4 Å². The summed E-state index contributed by atoms with van der Waals surface area (Å²) in [4.78, 5) is 10.5. The van der Waals surface area contributed by atoms with Gasteiger partial charge in [0.05, 0.1) is 13.0 Å². The SMILES string of the molecule is CCCOc1ccc(CC(Cl)CC(=O)O)cc1. The molecule has 0 heterocycles. The first-order chi connectivity index (χ1) is 8.11. The highest BCUT2D eigenvalue weighted by Gasteiger charge is 2.10. The molecule has 1 N–H and O–H groups in total. The fourth-order valence-corrected chi connectivity index (χ4v) is 1.77. The van der Waals surface area contributed by atoms with Gasteiger partial charge in [0.15, 0.2) is 0 Å². The normalized spacial score (nSPS) is 12.1. The molecule has 1 aromatic rings. The van der Waals surface area contributed by atoms with Crippen LogP contribution in [0.4, 0.5) is 0 Å². The number of hydrogen-bond acceptors (Lipinski definition) is 2. The van der Waals surface area contributed by atoms with E-state index in [9.17, 15) is 4.79 Å². The van der Waals surface area contributed by atoms with E-state index >= 15 is 0 Å². The zero-order valence-electron chi connectivity index (χ0n) is 9.86. The molecule has 1 unspecified atom stereocenters. The average Bonchev–Trinajstić information content (AvgIpc) is 2.27. The maximum Gasteiger partial charge on any atom is 0.304 e. The molecule has 1 rings (SSSR count). The highest BCUT2D eigenvalue weighted by molar-refractivity contribution is 6.21. The molecule has 0 aliphatic heterocycles. The minimum atomic E-state index is -0.868. The van der Waals surface area contributed by atoms with Crippen LogP contribution in [-0.2, 0) is 11.2 Å². The number of rotatable bonds is 7. The predicted octanol–water partition coefficient (Wildman–Crippen LogP) is 3.10. The van der Waals surface area contributed by atoms with Crippen LogP contribution in [-0.4, -0.2) is 23.1 Å². The Morgan fingerprint density at radius 3 is 2.59 bits per heavy atom. The lowest BCUT2D eigenvalue weighted by molar-refractivity contribution is -0.137. The zero-order chi connectivity index (χ0) is 12.7. The third-order valence-electron chi connectivity index (χ3n) is 2.25. The molecule has 17 heavy (non-hydrogen) atoms. The topological polar surface area (TPSA) is 46.5 Å². The largest absolute Gasteiger partial charge is 0.494 e. The van der Waals surface area contributed by atoms with E-state index in [1.807, 2.05) is 24.3 Å². The molecule has 0 aliphatic rings. The molecule has 1 aromatic carbocycles. The number of ether oxygens (including phenoxy) is 1. The molecule has 0 aliphatic carbocycles. The van der Waals surface area contributed by atoms with Gasteiger partial charge in [0.25, 0.3) is 0 Å². The molecule has 0 spiro atoms. The third kappa shape index (κ3) is 5.59. The van der Waals surface area contributed by atoms with Crippen LogP contribution in [0.2, 0.25) is 0 Å². The van der Waals surface area contributed by atoms with Gasteiger partial charge in [0.2, 0.25) is 0 Å². The minimum absolute atomic E-state index is 0.0182. The van der Waals surface area contributed by atoms with Crippen molar-refractivity contribution >= 4 is 17.6 Å². The third-order valence-corrected chi connectivity index (χ3v) is 2.56. The smallest absolute Gasteiger partial charge is 0.304 e. The number of carboxylic acids is 1. The maximum atomic E-state index is 10.5. The molecule has 4 heteroatoms. The molecule has 0 amide bonds. The van der Waals surface area contributed by atoms with Gasteiger partial charge in [0.1, 0.15) is 5.75 Å². The van der Waals surface area contributed by atoms with E-state index in [0.717, 1.165) is 17.7 Å². The van der Waals surface area contributed by atoms with Crippen molar-refractivity contribution in [3.05, 3.63) is 29.8 Å². The number of carboxylic acid groups (broad SMARTS) is 1. The predicted molar refractivity (Wildman–Crippen MR) is 67.8 cm³/mol. The maximum absolute atomic E-state index is 10.5. The van der Waals surface area contributed by atoms with Gasteiger partial charge in [-0.3, -0.25) is 4.79 Å². The Balaban J connectivity index is 2.47. The van der Waals surface area contributed by atoms with Crippen LogP contribution in [0.5, 0.6) is 5.75 Å². The zero-order valence-corrected chi connectivity index (χ0v) is 10.6. The number of aliphatic carboxylic acids is 1. The molecule has 94 valence electrons. The van der Waals surface area contributed by atoms with Gasteiger partial charge in [-0.05, 0) is 30.5 Å². The van der Waals surface area contributed by atoms with Crippen LogP contribution >= 0.6 is 11.6 Å². The van der Waals surface area contributed by atoms with Crippen LogP contribution in [0.3, 0.4) is 0 Å². The minimum Gasteiger partial charge on any atom is -0.494 e. The molecule has 0 radical (unpaired) electrons. The molecule has 0 fully saturated rings. The summed E-state index contributed by atoms with van der Waals surface area (Å²) in [5.41, 5.74) is 1.02. The summed E-state index contributed by atoms with van der Waals surface area (Å²) in [5, 5.41) is 8.23. The monoisotopic (exact) mass is 256 g/mol. The second-order valence-corrected chi connectivity index (χ2v) is 4.51. The van der Waals surface area contributed by atoms with Crippen LogP contribution in [0.15, 0.2) is 24.3 Å². The van der Waals surface area contributed by atoms with Gasteiger partial charge in [-0.2, -0.15) is 0 Å². The van der Waals surface area contributed by atoms with E-state index in [1.165, 1.54) is 0 Å². The van der Waals surface area contributed by atoms with Gasteiger partial charge >= 0.3 is 5.97 Å². The standard InChI is InChI=1S/C13H17ClO3/c1-2-7-17-12-5-3-10(4-6-12)8-11(14)9-13(15)16/h3-6,11H,2,7-9H2,1H3,(H,15,16). The van der Waals surface area contributed by atoms with Crippen LogP contribution < -0.4 is 4.74 Å². The molecular formula is C13H17ClO3.